The van der Waals surface area contributed by atoms with Gasteiger partial charge in [-0.1, -0.05) is 0 Å². The number of carbonyl (C=O) groups excluding carboxylic acids is 3. The molecule has 0 saturated carbocycles. The maximum Gasteiger partial charge on any atom is 0.350 e. The van der Waals surface area contributed by atoms with E-state index in [0.717, 1.165) is 0 Å². The molecule has 0 unspecified atom stereocenters. The van der Waals surface area contributed by atoms with Crippen LogP contribution in [0.2, 0.25) is 0 Å². The number of primary amides is 1. The van der Waals surface area contributed by atoms with Crippen LogP contribution in [-0.4, -0.2) is 37.3 Å². The van der Waals surface area contributed by atoms with Crippen LogP contribution in [0.1, 0.15) is 13.8 Å². The van der Waals surface area contributed by atoms with Crippen molar-refractivity contribution in [3.63, 3.8) is 0 Å². The molecule has 0 spiro atoms. The Morgan fingerprint density at radius 1 is 1.24 bits per heavy atom. The van der Waals surface area contributed by atoms with Gasteiger partial charge in [0.15, 0.2) is 23.7 Å². The minimum absolute atomic E-state index is 0.271. The Labute approximate surface area is 143 Å². The highest BCUT2D eigenvalue weighted by atomic mass is 16.7. The van der Waals surface area contributed by atoms with Crippen molar-refractivity contribution in [3.8, 4) is 11.5 Å². The number of amides is 1. The normalized spacial score (nSPS) is 15.7. The van der Waals surface area contributed by atoms with Crippen LogP contribution in [0.4, 0.5) is 5.69 Å². The summed E-state index contributed by atoms with van der Waals surface area (Å²) >= 11 is 0. The Morgan fingerprint density at radius 2 is 1.88 bits per heavy atom. The lowest BCUT2D eigenvalue weighted by Crippen LogP contribution is -2.42. The highest BCUT2D eigenvalue weighted by molar-refractivity contribution is 6.15. The number of nitrogens with one attached hydrogen (secondary N) is 1. The van der Waals surface area contributed by atoms with E-state index in [1.54, 1.807) is 18.2 Å². The summed E-state index contributed by atoms with van der Waals surface area (Å²) in [5, 5.41) is 2.78. The third kappa shape index (κ3) is 4.63. The van der Waals surface area contributed by atoms with E-state index in [9.17, 15) is 14.4 Å². The Morgan fingerprint density at radius 3 is 2.44 bits per heavy atom. The number of esters is 2. The molecule has 9 heteroatoms. The second kappa shape index (κ2) is 7.12. The highest BCUT2D eigenvalue weighted by Gasteiger charge is 2.38. The summed E-state index contributed by atoms with van der Waals surface area (Å²) < 4.78 is 20.3. The number of carbonyl (C=O) groups is 3. The van der Waals surface area contributed by atoms with Crippen molar-refractivity contribution >= 4 is 23.5 Å². The zero-order valence-electron chi connectivity index (χ0n) is 14.0. The molecule has 1 aromatic carbocycles. The van der Waals surface area contributed by atoms with E-state index in [-0.39, 0.29) is 12.2 Å². The van der Waals surface area contributed by atoms with Gasteiger partial charge in [-0.25, -0.2) is 9.59 Å². The van der Waals surface area contributed by atoms with Crippen molar-refractivity contribution in [2.24, 2.45) is 5.73 Å². The fraction of sp³-hybridized carbons (Fsp3) is 0.312. The largest absolute Gasteiger partial charge is 0.493 e. The summed E-state index contributed by atoms with van der Waals surface area (Å²) in [6.45, 7) is 2.63. The van der Waals surface area contributed by atoms with Crippen LogP contribution in [0.15, 0.2) is 30.0 Å². The fourth-order valence-corrected chi connectivity index (χ4v) is 1.96. The lowest BCUT2D eigenvalue weighted by Gasteiger charge is -2.29. The van der Waals surface area contributed by atoms with Crippen LogP contribution >= 0.6 is 0 Å². The zero-order valence-corrected chi connectivity index (χ0v) is 14.0. The number of benzene rings is 1. The Hall–Kier alpha value is -3.23. The summed E-state index contributed by atoms with van der Waals surface area (Å²) in [6, 6.07) is 4.69. The molecule has 0 aromatic heterocycles. The first kappa shape index (κ1) is 18.1. The standard InChI is InChI=1S/C16H18N2O7/c1-16(2)24-14(20)10(15(21)25-16)7-18-9-4-5-11(12(6-9)22-3)23-8-13(17)19/h4-7,18H,8H2,1-3H3,(H2,17,19). The van der Waals surface area contributed by atoms with Crippen molar-refractivity contribution < 1.29 is 33.3 Å². The molecule has 0 atom stereocenters. The smallest absolute Gasteiger partial charge is 0.350 e. The van der Waals surface area contributed by atoms with Gasteiger partial charge in [-0.2, -0.15) is 0 Å². The molecule has 1 amide bonds. The van der Waals surface area contributed by atoms with E-state index in [4.69, 9.17) is 24.7 Å². The summed E-state index contributed by atoms with van der Waals surface area (Å²) in [6.07, 6.45) is 1.18. The lowest BCUT2D eigenvalue weighted by atomic mass is 10.2. The minimum Gasteiger partial charge on any atom is -0.493 e. The lowest BCUT2D eigenvalue weighted by molar-refractivity contribution is -0.222. The van der Waals surface area contributed by atoms with Crippen LogP contribution in [0.5, 0.6) is 11.5 Å². The van der Waals surface area contributed by atoms with Crippen LogP contribution in [0.25, 0.3) is 0 Å². The molecule has 0 bridgehead atoms. The second-order valence-corrected chi connectivity index (χ2v) is 5.50. The summed E-state index contributed by atoms with van der Waals surface area (Å²) in [5.41, 5.74) is 5.25. The van der Waals surface area contributed by atoms with Crippen LogP contribution in [-0.2, 0) is 23.9 Å². The zero-order chi connectivity index (χ0) is 18.6. The van der Waals surface area contributed by atoms with Gasteiger partial charge in [-0.15, -0.1) is 0 Å². The molecule has 3 N–H and O–H groups in total. The third-order valence-corrected chi connectivity index (χ3v) is 3.03. The predicted octanol–water partition coefficient (Wildman–Crippen LogP) is 0.691. The molecule has 1 aliphatic rings. The topological polar surface area (TPSA) is 126 Å². The molecule has 1 aliphatic heterocycles. The first-order valence-corrected chi connectivity index (χ1v) is 7.24. The number of cyclic esters (lactones) is 2. The average molecular weight is 350 g/mol. The summed E-state index contributed by atoms with van der Waals surface area (Å²) in [5.74, 6) is -2.85. The van der Waals surface area contributed by atoms with E-state index < -0.39 is 23.6 Å². The molecule has 0 radical (unpaired) electrons. The van der Waals surface area contributed by atoms with Gasteiger partial charge < -0.3 is 30.0 Å². The number of anilines is 1. The number of nitrogens with two attached hydrogens (primary N) is 1. The minimum atomic E-state index is -1.30. The van der Waals surface area contributed by atoms with Crippen LogP contribution < -0.4 is 20.5 Å². The number of methoxy groups -OCH3 is 1. The monoisotopic (exact) mass is 350 g/mol. The van der Waals surface area contributed by atoms with Crippen LogP contribution in [0.3, 0.4) is 0 Å². The third-order valence-electron chi connectivity index (χ3n) is 3.03. The first-order chi connectivity index (χ1) is 11.7. The molecule has 1 aromatic rings. The Kier molecular flexibility index (Phi) is 5.16. The Balaban J connectivity index is 2.14. The van der Waals surface area contributed by atoms with E-state index >= 15 is 0 Å². The van der Waals surface area contributed by atoms with Gasteiger partial charge >= 0.3 is 11.9 Å². The van der Waals surface area contributed by atoms with Gasteiger partial charge in [0, 0.05) is 31.8 Å². The van der Waals surface area contributed by atoms with Gasteiger partial charge in [0.25, 0.3) is 11.7 Å². The average Bonchev–Trinajstić information content (AvgIpc) is 2.51. The van der Waals surface area contributed by atoms with Gasteiger partial charge in [0.1, 0.15) is 0 Å². The molecule has 1 fully saturated rings. The Bertz CT molecular complexity index is 718. The maximum atomic E-state index is 11.8. The second-order valence-electron chi connectivity index (χ2n) is 5.50. The van der Waals surface area contributed by atoms with Gasteiger partial charge in [-0.05, 0) is 12.1 Å². The molecule has 25 heavy (non-hydrogen) atoms. The van der Waals surface area contributed by atoms with E-state index in [2.05, 4.69) is 5.32 Å². The SMILES string of the molecule is COc1cc(NC=C2C(=O)OC(C)(C)OC2=O)ccc1OCC(N)=O. The molecule has 1 saturated heterocycles. The number of hydrogen-bond donors (Lipinski definition) is 2. The van der Waals surface area contributed by atoms with Crippen molar-refractivity contribution in [3.05, 3.63) is 30.0 Å². The van der Waals surface area contributed by atoms with Crippen molar-refractivity contribution in [2.75, 3.05) is 19.0 Å². The molecule has 9 nitrogen and oxygen atoms in total. The van der Waals surface area contributed by atoms with Gasteiger partial charge in [0.05, 0.1) is 7.11 Å². The summed E-state index contributed by atoms with van der Waals surface area (Å²) in [4.78, 5) is 34.5. The van der Waals surface area contributed by atoms with Crippen LogP contribution in [0, 0.1) is 0 Å². The van der Waals surface area contributed by atoms with Crippen molar-refractivity contribution in [1.29, 1.82) is 0 Å². The maximum absolute atomic E-state index is 11.8. The van der Waals surface area contributed by atoms with E-state index in [1.165, 1.54) is 27.2 Å². The van der Waals surface area contributed by atoms with Crippen molar-refractivity contribution in [1.82, 2.24) is 0 Å². The molecule has 1 heterocycles. The van der Waals surface area contributed by atoms with Crippen molar-refractivity contribution in [2.45, 2.75) is 19.6 Å². The molecular weight excluding hydrogens is 332 g/mol. The number of hydrogen-bond acceptors (Lipinski definition) is 8. The van der Waals surface area contributed by atoms with Gasteiger partial charge in [-0.3, -0.25) is 4.79 Å². The molecular formula is C16H18N2O7. The van der Waals surface area contributed by atoms with E-state index in [1.807, 2.05) is 0 Å². The molecule has 134 valence electrons. The summed E-state index contributed by atoms with van der Waals surface area (Å²) in [7, 11) is 1.42. The number of rotatable bonds is 6. The first-order valence-electron chi connectivity index (χ1n) is 7.24. The fourth-order valence-electron chi connectivity index (χ4n) is 1.96. The molecule has 0 aliphatic carbocycles. The predicted molar refractivity (Wildman–Crippen MR) is 85.7 cm³/mol. The van der Waals surface area contributed by atoms with Gasteiger partial charge in [0.2, 0.25) is 0 Å². The number of ether oxygens (including phenoxy) is 4. The quantitative estimate of drug-likeness (QED) is 0.436. The van der Waals surface area contributed by atoms with E-state index in [0.29, 0.717) is 17.2 Å². The molecule has 2 rings (SSSR count). The highest BCUT2D eigenvalue weighted by Crippen LogP contribution is 2.30.